The maximum Gasteiger partial charge on any atom is 0.458 e. The van der Waals surface area contributed by atoms with Gasteiger partial charge < -0.3 is 0 Å². The van der Waals surface area contributed by atoms with E-state index >= 15 is 0 Å². The van der Waals surface area contributed by atoms with Crippen molar-refractivity contribution in [3.63, 3.8) is 0 Å². The van der Waals surface area contributed by atoms with Crippen LogP contribution in [0.15, 0.2) is 0 Å². The number of rotatable bonds is 2. The minimum absolute atomic E-state index is 2.06. The molecule has 1 rings (SSSR count). The molecule has 0 saturated carbocycles. The second kappa shape index (κ2) is 4.20. The van der Waals surface area contributed by atoms with Crippen LogP contribution in [0.1, 0.15) is 0 Å². The normalized spacial score (nSPS) is 33.0. The fraction of sp³-hybridized carbons (Fsp3) is 1.00. The van der Waals surface area contributed by atoms with Gasteiger partial charge in [0, 0.05) is 0 Å². The van der Waals surface area contributed by atoms with Gasteiger partial charge in [-0.1, -0.05) is 0 Å². The van der Waals surface area contributed by atoms with Crippen LogP contribution in [0.5, 0.6) is 0 Å². The minimum atomic E-state index is -6.59. The van der Waals surface area contributed by atoms with E-state index in [1.807, 2.05) is 0 Å². The van der Waals surface area contributed by atoms with Crippen molar-refractivity contribution in [3.05, 3.63) is 0 Å². The Morgan fingerprint density at radius 1 is 0.500 bits per heavy atom. The number of hydrogen-bond acceptors (Lipinski definition) is 2. The number of alkyl halides is 12. The predicted octanol–water partition coefficient (Wildman–Crippen LogP) is 5.11. The van der Waals surface area contributed by atoms with Crippen molar-refractivity contribution in [2.24, 2.45) is 0 Å². The predicted molar refractivity (Wildman–Crippen MR) is 44.9 cm³/mol. The van der Waals surface area contributed by atoms with Gasteiger partial charge in [-0.25, -0.2) is 8.78 Å². The Balaban J connectivity index is 3.05. The molecular weight excluding hydrogens is 364 g/mol. The van der Waals surface area contributed by atoms with Crippen molar-refractivity contribution in [1.82, 2.24) is 0 Å². The second-order valence-corrected chi connectivity index (χ2v) is 6.60. The van der Waals surface area contributed by atoms with Crippen molar-refractivity contribution >= 4 is 23.5 Å². The molecule has 20 heavy (non-hydrogen) atoms. The van der Waals surface area contributed by atoms with Crippen molar-refractivity contribution in [2.75, 3.05) is 0 Å². The zero-order valence-electron chi connectivity index (χ0n) is 8.35. The molecule has 0 atom stereocenters. The lowest BCUT2D eigenvalue weighted by molar-refractivity contribution is -0.308. The van der Waals surface area contributed by atoms with Gasteiger partial charge in [0.2, 0.25) is 0 Å². The highest BCUT2D eigenvalue weighted by molar-refractivity contribution is 8.35. The number of halogens is 12. The van der Waals surface area contributed by atoms with Gasteiger partial charge in [-0.3, -0.25) is 0 Å². The van der Waals surface area contributed by atoms with E-state index in [4.69, 9.17) is 0 Å². The molecule has 0 spiro atoms. The van der Waals surface area contributed by atoms with E-state index in [-0.39, 0.29) is 0 Å². The molecule has 0 aromatic carbocycles. The average Bonchev–Trinajstić information content (AvgIpc) is 2.10. The van der Waals surface area contributed by atoms with Crippen LogP contribution in [0.2, 0.25) is 0 Å². The van der Waals surface area contributed by atoms with Crippen LogP contribution in [0.25, 0.3) is 0 Å². The molecule has 0 nitrogen and oxygen atoms in total. The van der Waals surface area contributed by atoms with E-state index in [2.05, 4.69) is 0 Å². The van der Waals surface area contributed by atoms with Gasteiger partial charge in [0.15, 0.2) is 0 Å². The molecule has 1 heterocycles. The number of thioether (sulfide) groups is 2. The van der Waals surface area contributed by atoms with Crippen molar-refractivity contribution in [1.29, 1.82) is 0 Å². The molecule has 1 aliphatic heterocycles. The first kappa shape index (κ1) is 17.9. The lowest BCUT2D eigenvalue weighted by atomic mass is 10.3. The SMILES string of the molecule is FC(F)(F)C(F)(F)C1(F)SC(F)(C(F)(F)C(F)(F)F)S1. The molecule has 0 radical (unpaired) electrons. The van der Waals surface area contributed by atoms with Gasteiger partial charge >= 0.3 is 24.2 Å². The van der Waals surface area contributed by atoms with Crippen LogP contribution in [0.4, 0.5) is 52.7 Å². The number of hydrogen-bond donors (Lipinski definition) is 0. The second-order valence-electron chi connectivity index (χ2n) is 3.42. The van der Waals surface area contributed by atoms with Crippen molar-refractivity contribution in [3.8, 4) is 0 Å². The monoisotopic (exact) mass is 364 g/mol. The molecule has 0 aromatic heterocycles. The Bertz CT molecular complexity index is 352. The van der Waals surface area contributed by atoms with E-state index in [1.165, 1.54) is 0 Å². The van der Waals surface area contributed by atoms with E-state index in [1.54, 1.807) is 0 Å². The summed E-state index contributed by atoms with van der Waals surface area (Å²) in [6.07, 6.45) is -13.2. The van der Waals surface area contributed by atoms with Gasteiger partial charge in [0.25, 0.3) is 8.67 Å². The van der Waals surface area contributed by atoms with E-state index in [0.717, 1.165) is 0 Å². The lowest BCUT2D eigenvalue weighted by Gasteiger charge is -2.49. The molecule has 1 fully saturated rings. The maximum atomic E-state index is 13.1. The summed E-state index contributed by atoms with van der Waals surface area (Å²) in [5.74, 6) is -12.6. The first-order valence-corrected chi connectivity index (χ1v) is 5.72. The highest BCUT2D eigenvalue weighted by Gasteiger charge is 2.88. The molecular formula is C6F12S2. The Morgan fingerprint density at radius 3 is 0.850 bits per heavy atom. The zero-order valence-corrected chi connectivity index (χ0v) is 9.99. The molecule has 14 heteroatoms. The highest BCUT2D eigenvalue weighted by Crippen LogP contribution is 2.78. The summed E-state index contributed by atoms with van der Waals surface area (Å²) in [6, 6.07) is 0. The highest BCUT2D eigenvalue weighted by atomic mass is 32.3. The lowest BCUT2D eigenvalue weighted by Crippen LogP contribution is -2.65. The average molecular weight is 364 g/mol. The van der Waals surface area contributed by atoms with E-state index in [0.29, 0.717) is 0 Å². The van der Waals surface area contributed by atoms with Gasteiger partial charge in [-0.2, -0.15) is 43.9 Å². The Kier molecular flexibility index (Phi) is 3.76. The molecule has 0 N–H and O–H groups in total. The van der Waals surface area contributed by atoms with Gasteiger partial charge in [0.05, 0.1) is 0 Å². The summed E-state index contributed by atoms with van der Waals surface area (Å²) in [7, 11) is 0. The molecule has 120 valence electrons. The summed E-state index contributed by atoms with van der Waals surface area (Å²) in [6.45, 7) is 0. The first-order chi connectivity index (χ1) is 8.41. The molecule has 0 aromatic rings. The van der Waals surface area contributed by atoms with E-state index < -0.39 is 56.4 Å². The third-order valence-corrected chi connectivity index (χ3v) is 5.06. The van der Waals surface area contributed by atoms with Crippen molar-refractivity contribution < 1.29 is 52.7 Å². The Hall–Kier alpha value is -0.140. The summed E-state index contributed by atoms with van der Waals surface area (Å²) in [5, 5.41) is 0. The summed E-state index contributed by atoms with van der Waals surface area (Å²) < 4.78 is 137. The van der Waals surface area contributed by atoms with Crippen LogP contribution in [0, 0.1) is 0 Å². The smallest absolute Gasteiger partial charge is 0.212 e. The quantitative estimate of drug-likeness (QED) is 0.625. The molecule has 0 amide bonds. The summed E-state index contributed by atoms with van der Waals surface area (Å²) in [4.78, 5) is 0. The third kappa shape index (κ3) is 2.22. The molecule has 0 aliphatic carbocycles. The topological polar surface area (TPSA) is 0 Å². The molecule has 0 unspecified atom stereocenters. The molecule has 1 aliphatic rings. The molecule has 1 saturated heterocycles. The fourth-order valence-corrected chi connectivity index (χ4v) is 3.73. The van der Waals surface area contributed by atoms with Gasteiger partial charge in [-0.05, 0) is 23.5 Å². The molecule has 0 bridgehead atoms. The van der Waals surface area contributed by atoms with Gasteiger partial charge in [0.1, 0.15) is 0 Å². The van der Waals surface area contributed by atoms with Crippen molar-refractivity contribution in [2.45, 2.75) is 32.9 Å². The Labute approximate surface area is 110 Å². The first-order valence-electron chi connectivity index (χ1n) is 4.08. The minimum Gasteiger partial charge on any atom is -0.212 e. The van der Waals surface area contributed by atoms with Crippen LogP contribution in [0.3, 0.4) is 0 Å². The Morgan fingerprint density at radius 2 is 0.700 bits per heavy atom. The van der Waals surface area contributed by atoms with Gasteiger partial charge in [-0.15, -0.1) is 0 Å². The summed E-state index contributed by atoms with van der Waals surface area (Å²) in [5.41, 5.74) is 0. The van der Waals surface area contributed by atoms with Crippen LogP contribution < -0.4 is 0 Å². The fourth-order valence-electron chi connectivity index (χ4n) is 0.940. The standard InChI is InChI=1S/C6F12S2/c7-1(8,3(11,12)13)5(17)19-6(18,20-5)2(9,10)4(14,15)16. The van der Waals surface area contributed by atoms with Crippen LogP contribution in [-0.2, 0) is 0 Å². The van der Waals surface area contributed by atoms with Crippen LogP contribution >= 0.6 is 23.5 Å². The maximum absolute atomic E-state index is 13.1. The van der Waals surface area contributed by atoms with E-state index in [9.17, 15) is 52.7 Å². The zero-order chi connectivity index (χ0) is 16.4. The summed E-state index contributed by atoms with van der Waals surface area (Å²) >= 11 is -4.13. The van der Waals surface area contributed by atoms with Crippen LogP contribution in [-0.4, -0.2) is 32.9 Å². The largest absolute Gasteiger partial charge is 0.458 e. The third-order valence-electron chi connectivity index (χ3n) is 1.99.